The number of ether oxygens (including phenoxy) is 3. The summed E-state index contributed by atoms with van der Waals surface area (Å²) in [6.45, 7) is 1.33. The van der Waals surface area contributed by atoms with Gasteiger partial charge in [-0.05, 0) is 18.2 Å². The van der Waals surface area contributed by atoms with Gasteiger partial charge in [-0.25, -0.2) is 9.97 Å². The van der Waals surface area contributed by atoms with E-state index in [-0.39, 0.29) is 0 Å². The minimum Gasteiger partial charge on any atom is -0.490 e. The molecule has 0 fully saturated rings. The lowest BCUT2D eigenvalue weighted by Crippen LogP contribution is -1.99. The van der Waals surface area contributed by atoms with Crippen LogP contribution >= 0.6 is 11.8 Å². The monoisotopic (exact) mass is 305 g/mol. The molecule has 7 heteroatoms. The number of anilines is 1. The lowest BCUT2D eigenvalue weighted by molar-refractivity contribution is 0.297. The fourth-order valence-corrected chi connectivity index (χ4v) is 2.86. The second-order valence-electron chi connectivity index (χ2n) is 4.36. The summed E-state index contributed by atoms with van der Waals surface area (Å²) in [6, 6.07) is 5.79. The Morgan fingerprint density at radius 3 is 2.81 bits per heavy atom. The first kappa shape index (κ1) is 13.8. The molecule has 1 aliphatic rings. The van der Waals surface area contributed by atoms with Gasteiger partial charge in [0.15, 0.2) is 23.1 Å². The van der Waals surface area contributed by atoms with Crippen molar-refractivity contribution in [3.8, 4) is 17.2 Å². The minimum atomic E-state index is 0.323. The SMILES string of the molecule is COc1c(N)ncnc1Sc1ccc2c(c1)OCCCO2. The van der Waals surface area contributed by atoms with E-state index in [4.69, 9.17) is 19.9 Å². The predicted molar refractivity (Wildman–Crippen MR) is 79.2 cm³/mol. The Hall–Kier alpha value is -2.15. The standard InChI is InChI=1S/C14H15N3O3S/c1-18-12-13(15)16-8-17-14(12)21-9-3-4-10-11(7-9)20-6-2-5-19-10/h3-4,7-8H,2,5-6H2,1H3,(H2,15,16,17). The van der Waals surface area contributed by atoms with Crippen LogP contribution in [0.1, 0.15) is 6.42 Å². The third-order valence-electron chi connectivity index (χ3n) is 2.94. The third-order valence-corrected chi connectivity index (χ3v) is 3.91. The number of hydrogen-bond donors (Lipinski definition) is 1. The van der Waals surface area contributed by atoms with Crippen LogP contribution in [0.4, 0.5) is 5.82 Å². The summed E-state index contributed by atoms with van der Waals surface area (Å²) in [7, 11) is 1.55. The molecule has 0 radical (unpaired) electrons. The third kappa shape index (κ3) is 2.97. The van der Waals surface area contributed by atoms with E-state index in [0.717, 1.165) is 22.8 Å². The van der Waals surface area contributed by atoms with Gasteiger partial charge in [0.2, 0.25) is 0 Å². The van der Waals surface area contributed by atoms with Crippen molar-refractivity contribution < 1.29 is 14.2 Å². The Morgan fingerprint density at radius 1 is 1.19 bits per heavy atom. The van der Waals surface area contributed by atoms with E-state index in [0.29, 0.717) is 29.8 Å². The first-order chi connectivity index (χ1) is 10.3. The molecule has 0 spiro atoms. The van der Waals surface area contributed by atoms with E-state index >= 15 is 0 Å². The van der Waals surface area contributed by atoms with Crippen molar-refractivity contribution in [1.29, 1.82) is 0 Å². The fraction of sp³-hybridized carbons (Fsp3) is 0.286. The van der Waals surface area contributed by atoms with Gasteiger partial charge in [0, 0.05) is 11.3 Å². The second kappa shape index (κ2) is 6.09. The molecular weight excluding hydrogens is 290 g/mol. The van der Waals surface area contributed by atoms with Crippen LogP contribution in [-0.4, -0.2) is 30.3 Å². The number of hydrogen-bond acceptors (Lipinski definition) is 7. The maximum atomic E-state index is 5.78. The van der Waals surface area contributed by atoms with Crippen LogP contribution in [0.15, 0.2) is 34.4 Å². The lowest BCUT2D eigenvalue weighted by atomic mass is 10.3. The first-order valence-electron chi connectivity index (χ1n) is 6.50. The number of methoxy groups -OCH3 is 1. The van der Waals surface area contributed by atoms with Crippen molar-refractivity contribution in [3.05, 3.63) is 24.5 Å². The molecule has 2 heterocycles. The van der Waals surface area contributed by atoms with Crippen molar-refractivity contribution in [2.24, 2.45) is 0 Å². The number of benzene rings is 1. The van der Waals surface area contributed by atoms with Gasteiger partial charge in [0.1, 0.15) is 11.4 Å². The maximum absolute atomic E-state index is 5.78. The molecule has 1 aliphatic heterocycles. The molecule has 1 aromatic carbocycles. The van der Waals surface area contributed by atoms with Gasteiger partial charge in [0.05, 0.1) is 20.3 Å². The van der Waals surface area contributed by atoms with Gasteiger partial charge >= 0.3 is 0 Å². The van der Waals surface area contributed by atoms with E-state index in [1.807, 2.05) is 18.2 Å². The van der Waals surface area contributed by atoms with Gasteiger partial charge in [-0.1, -0.05) is 11.8 Å². The molecule has 2 N–H and O–H groups in total. The highest BCUT2D eigenvalue weighted by Crippen LogP contribution is 2.39. The molecule has 0 aliphatic carbocycles. The van der Waals surface area contributed by atoms with Crippen molar-refractivity contribution in [2.75, 3.05) is 26.1 Å². The van der Waals surface area contributed by atoms with Crippen LogP contribution < -0.4 is 19.9 Å². The fourth-order valence-electron chi connectivity index (χ4n) is 1.95. The normalized spacial score (nSPS) is 13.6. The van der Waals surface area contributed by atoms with Gasteiger partial charge in [0.25, 0.3) is 0 Å². The number of fused-ring (bicyclic) bond motifs is 1. The first-order valence-corrected chi connectivity index (χ1v) is 7.31. The number of nitrogen functional groups attached to an aromatic ring is 1. The molecule has 0 bridgehead atoms. The molecule has 3 rings (SSSR count). The summed E-state index contributed by atoms with van der Waals surface area (Å²) in [4.78, 5) is 9.10. The molecule has 110 valence electrons. The molecule has 0 atom stereocenters. The smallest absolute Gasteiger partial charge is 0.193 e. The van der Waals surface area contributed by atoms with E-state index < -0.39 is 0 Å². The summed E-state index contributed by atoms with van der Waals surface area (Å²) in [5, 5.41) is 0.666. The molecule has 0 amide bonds. The summed E-state index contributed by atoms with van der Waals surface area (Å²) >= 11 is 1.44. The molecular formula is C14H15N3O3S. The quantitative estimate of drug-likeness (QED) is 0.872. The van der Waals surface area contributed by atoms with Gasteiger partial charge in [-0.15, -0.1) is 0 Å². The van der Waals surface area contributed by atoms with Crippen LogP contribution in [0, 0.1) is 0 Å². The van der Waals surface area contributed by atoms with Gasteiger partial charge in [-0.2, -0.15) is 0 Å². The van der Waals surface area contributed by atoms with E-state index in [9.17, 15) is 0 Å². The van der Waals surface area contributed by atoms with Crippen molar-refractivity contribution in [1.82, 2.24) is 9.97 Å². The Bertz CT molecular complexity index is 651. The lowest BCUT2D eigenvalue weighted by Gasteiger charge is -2.11. The molecule has 0 unspecified atom stereocenters. The van der Waals surface area contributed by atoms with E-state index in [2.05, 4.69) is 9.97 Å². The van der Waals surface area contributed by atoms with Crippen LogP contribution in [-0.2, 0) is 0 Å². The topological polar surface area (TPSA) is 79.5 Å². The second-order valence-corrected chi connectivity index (χ2v) is 5.42. The highest BCUT2D eigenvalue weighted by atomic mass is 32.2. The van der Waals surface area contributed by atoms with Crippen LogP contribution in [0.5, 0.6) is 17.2 Å². The Morgan fingerprint density at radius 2 is 2.00 bits per heavy atom. The van der Waals surface area contributed by atoms with E-state index in [1.54, 1.807) is 7.11 Å². The minimum absolute atomic E-state index is 0.323. The number of rotatable bonds is 3. The summed E-state index contributed by atoms with van der Waals surface area (Å²) < 4.78 is 16.5. The Labute approximate surface area is 126 Å². The average Bonchev–Trinajstić information content (AvgIpc) is 2.72. The van der Waals surface area contributed by atoms with Gasteiger partial charge < -0.3 is 19.9 Å². The van der Waals surface area contributed by atoms with Crippen molar-refractivity contribution in [3.63, 3.8) is 0 Å². The summed E-state index contributed by atoms with van der Waals surface area (Å²) in [6.07, 6.45) is 2.30. The van der Waals surface area contributed by atoms with Crippen LogP contribution in [0.3, 0.4) is 0 Å². The summed E-state index contributed by atoms with van der Waals surface area (Å²) in [5.41, 5.74) is 5.78. The number of nitrogens with zero attached hydrogens (tertiary/aromatic N) is 2. The summed E-state index contributed by atoms with van der Waals surface area (Å²) in [5.74, 6) is 2.32. The highest BCUT2D eigenvalue weighted by Gasteiger charge is 2.14. The largest absolute Gasteiger partial charge is 0.490 e. The van der Waals surface area contributed by atoms with Crippen LogP contribution in [0.25, 0.3) is 0 Å². The zero-order chi connectivity index (χ0) is 14.7. The highest BCUT2D eigenvalue weighted by molar-refractivity contribution is 7.99. The number of aromatic nitrogens is 2. The van der Waals surface area contributed by atoms with E-state index in [1.165, 1.54) is 18.1 Å². The zero-order valence-corrected chi connectivity index (χ0v) is 12.4. The molecule has 6 nitrogen and oxygen atoms in total. The molecule has 1 aromatic heterocycles. The Balaban J connectivity index is 1.89. The molecule has 0 saturated heterocycles. The maximum Gasteiger partial charge on any atom is 0.193 e. The Kier molecular flexibility index (Phi) is 4.01. The van der Waals surface area contributed by atoms with Crippen LogP contribution in [0.2, 0.25) is 0 Å². The average molecular weight is 305 g/mol. The predicted octanol–water partition coefficient (Wildman–Crippen LogP) is 2.38. The molecule has 0 saturated carbocycles. The van der Waals surface area contributed by atoms with Gasteiger partial charge in [-0.3, -0.25) is 0 Å². The molecule has 2 aromatic rings. The zero-order valence-electron chi connectivity index (χ0n) is 11.5. The number of nitrogens with two attached hydrogens (primary N) is 1. The van der Waals surface area contributed by atoms with Crippen molar-refractivity contribution >= 4 is 17.6 Å². The van der Waals surface area contributed by atoms with Crippen molar-refractivity contribution in [2.45, 2.75) is 16.3 Å². The molecule has 21 heavy (non-hydrogen) atoms.